The second kappa shape index (κ2) is 7.06. The first-order valence-corrected chi connectivity index (χ1v) is 9.72. The predicted octanol–water partition coefficient (Wildman–Crippen LogP) is 1.78. The van der Waals surface area contributed by atoms with Crippen LogP contribution in [0.25, 0.3) is 0 Å². The molecule has 1 aliphatic heterocycles. The fourth-order valence-electron chi connectivity index (χ4n) is 3.24. The van der Waals surface area contributed by atoms with E-state index in [1.54, 1.807) is 4.90 Å². The van der Waals surface area contributed by atoms with E-state index in [1.807, 2.05) is 0 Å². The molecule has 1 saturated carbocycles. The van der Waals surface area contributed by atoms with Gasteiger partial charge in [0.1, 0.15) is 5.82 Å². The molecular weight excluding hydrogens is 333 g/mol. The smallest absolute Gasteiger partial charge is 0.317 e. The van der Waals surface area contributed by atoms with E-state index < -0.39 is 15.8 Å². The van der Waals surface area contributed by atoms with Gasteiger partial charge in [0.05, 0.1) is 4.90 Å². The first kappa shape index (κ1) is 17.2. The van der Waals surface area contributed by atoms with Gasteiger partial charge in [-0.05, 0) is 31.0 Å². The maximum Gasteiger partial charge on any atom is 0.317 e. The summed E-state index contributed by atoms with van der Waals surface area (Å²) in [5.74, 6) is -0.578. The zero-order valence-electron chi connectivity index (χ0n) is 13.4. The lowest BCUT2D eigenvalue weighted by Gasteiger charge is -2.34. The quantitative estimate of drug-likeness (QED) is 0.899. The normalized spacial score (nSPS) is 20.3. The molecule has 1 N–H and O–H groups in total. The molecule has 6 nitrogen and oxygen atoms in total. The largest absolute Gasteiger partial charge is 0.335 e. The molecule has 0 bridgehead atoms. The molecule has 0 aromatic heterocycles. The average Bonchev–Trinajstić information content (AvgIpc) is 3.08. The van der Waals surface area contributed by atoms with Crippen LogP contribution < -0.4 is 5.32 Å². The van der Waals surface area contributed by atoms with Crippen molar-refractivity contribution >= 4 is 16.1 Å². The number of hydrogen-bond acceptors (Lipinski definition) is 3. The number of hydrogen-bond donors (Lipinski definition) is 1. The number of halogens is 1. The van der Waals surface area contributed by atoms with Gasteiger partial charge in [-0.2, -0.15) is 4.31 Å². The lowest BCUT2D eigenvalue weighted by atomic mass is 10.2. The van der Waals surface area contributed by atoms with Gasteiger partial charge in [-0.15, -0.1) is 0 Å². The molecule has 2 fully saturated rings. The summed E-state index contributed by atoms with van der Waals surface area (Å²) in [6.45, 7) is 1.12. The zero-order valence-corrected chi connectivity index (χ0v) is 14.3. The van der Waals surface area contributed by atoms with Crippen LogP contribution in [0.1, 0.15) is 25.7 Å². The second-order valence-corrected chi connectivity index (χ2v) is 8.22. The van der Waals surface area contributed by atoms with Crippen molar-refractivity contribution in [1.82, 2.24) is 14.5 Å². The monoisotopic (exact) mass is 355 g/mol. The Kier molecular flexibility index (Phi) is 5.05. The molecular formula is C16H22FN3O3S. The van der Waals surface area contributed by atoms with Crippen LogP contribution in [-0.4, -0.2) is 55.9 Å². The molecule has 2 aliphatic rings. The Hall–Kier alpha value is -1.67. The number of carbonyl (C=O) groups is 1. The zero-order chi connectivity index (χ0) is 17.2. The summed E-state index contributed by atoms with van der Waals surface area (Å²) in [4.78, 5) is 13.8. The van der Waals surface area contributed by atoms with Crippen molar-refractivity contribution < 1.29 is 17.6 Å². The Bertz CT molecular complexity index is 696. The van der Waals surface area contributed by atoms with E-state index in [-0.39, 0.29) is 30.1 Å². The summed E-state index contributed by atoms with van der Waals surface area (Å²) < 4.78 is 39.7. The number of urea groups is 1. The standard InChI is InChI=1S/C16H22FN3O3S/c17-13-4-3-7-15(12-13)24(22,23)20-10-8-19(9-11-20)16(21)18-14-5-1-2-6-14/h3-4,7,12,14H,1-2,5-6,8-11H2,(H,18,21). The van der Waals surface area contributed by atoms with Crippen LogP contribution >= 0.6 is 0 Å². The summed E-state index contributed by atoms with van der Waals surface area (Å²) in [7, 11) is -3.72. The van der Waals surface area contributed by atoms with Crippen LogP contribution in [0, 0.1) is 5.82 Å². The van der Waals surface area contributed by atoms with Crippen LogP contribution in [0.4, 0.5) is 9.18 Å². The molecule has 1 aromatic carbocycles. The Morgan fingerprint density at radius 2 is 1.79 bits per heavy atom. The van der Waals surface area contributed by atoms with E-state index in [9.17, 15) is 17.6 Å². The first-order chi connectivity index (χ1) is 11.5. The van der Waals surface area contributed by atoms with Crippen molar-refractivity contribution in [2.75, 3.05) is 26.2 Å². The van der Waals surface area contributed by atoms with Crippen molar-refractivity contribution in [2.45, 2.75) is 36.6 Å². The van der Waals surface area contributed by atoms with Gasteiger partial charge in [0.25, 0.3) is 0 Å². The Morgan fingerprint density at radius 3 is 2.42 bits per heavy atom. The van der Waals surface area contributed by atoms with E-state index in [0.29, 0.717) is 13.1 Å². The molecule has 132 valence electrons. The second-order valence-electron chi connectivity index (χ2n) is 6.28. The maximum absolute atomic E-state index is 13.3. The van der Waals surface area contributed by atoms with Crippen LogP contribution in [0.2, 0.25) is 0 Å². The van der Waals surface area contributed by atoms with Crippen molar-refractivity contribution in [2.24, 2.45) is 0 Å². The summed E-state index contributed by atoms with van der Waals surface area (Å²) in [5, 5.41) is 3.01. The van der Waals surface area contributed by atoms with Crippen molar-refractivity contribution in [3.8, 4) is 0 Å². The Labute approximate surface area is 141 Å². The summed E-state index contributed by atoms with van der Waals surface area (Å²) in [6.07, 6.45) is 4.31. The highest BCUT2D eigenvalue weighted by molar-refractivity contribution is 7.89. The molecule has 0 radical (unpaired) electrons. The van der Waals surface area contributed by atoms with E-state index >= 15 is 0 Å². The van der Waals surface area contributed by atoms with Gasteiger partial charge in [0, 0.05) is 32.2 Å². The molecule has 0 spiro atoms. The fourth-order valence-corrected chi connectivity index (χ4v) is 4.70. The highest BCUT2D eigenvalue weighted by Crippen LogP contribution is 2.20. The minimum absolute atomic E-state index is 0.0497. The summed E-state index contributed by atoms with van der Waals surface area (Å²) >= 11 is 0. The average molecular weight is 355 g/mol. The first-order valence-electron chi connectivity index (χ1n) is 8.28. The minimum Gasteiger partial charge on any atom is -0.335 e. The lowest BCUT2D eigenvalue weighted by molar-refractivity contribution is 0.169. The number of nitrogens with zero attached hydrogens (tertiary/aromatic N) is 2. The number of sulfonamides is 1. The highest BCUT2D eigenvalue weighted by Gasteiger charge is 2.31. The maximum atomic E-state index is 13.3. The topological polar surface area (TPSA) is 69.7 Å². The molecule has 0 unspecified atom stereocenters. The summed E-state index contributed by atoms with van der Waals surface area (Å²) in [6, 6.07) is 5.13. The van der Waals surface area contributed by atoms with Gasteiger partial charge in [0.2, 0.25) is 10.0 Å². The fraction of sp³-hybridized carbons (Fsp3) is 0.562. The highest BCUT2D eigenvalue weighted by atomic mass is 32.2. The lowest BCUT2D eigenvalue weighted by Crippen LogP contribution is -2.54. The van der Waals surface area contributed by atoms with Crippen molar-refractivity contribution in [1.29, 1.82) is 0 Å². The molecule has 1 aliphatic carbocycles. The predicted molar refractivity (Wildman–Crippen MR) is 87.5 cm³/mol. The number of amides is 2. The third kappa shape index (κ3) is 3.70. The Balaban J connectivity index is 1.59. The minimum atomic E-state index is -3.72. The van der Waals surface area contributed by atoms with Gasteiger partial charge in [-0.25, -0.2) is 17.6 Å². The Morgan fingerprint density at radius 1 is 1.12 bits per heavy atom. The molecule has 1 heterocycles. The van der Waals surface area contributed by atoms with Gasteiger partial charge in [0.15, 0.2) is 0 Å². The summed E-state index contributed by atoms with van der Waals surface area (Å²) in [5.41, 5.74) is 0. The molecule has 8 heteroatoms. The van der Waals surface area contributed by atoms with Gasteiger partial charge >= 0.3 is 6.03 Å². The van der Waals surface area contributed by atoms with Crippen LogP contribution in [0.15, 0.2) is 29.2 Å². The number of piperazine rings is 1. The molecule has 1 aromatic rings. The van der Waals surface area contributed by atoms with Crippen molar-refractivity contribution in [3.63, 3.8) is 0 Å². The third-order valence-electron chi connectivity index (χ3n) is 4.64. The molecule has 0 atom stereocenters. The van der Waals surface area contributed by atoms with Gasteiger partial charge < -0.3 is 10.2 Å². The van der Waals surface area contributed by atoms with E-state index in [0.717, 1.165) is 31.7 Å². The molecule has 3 rings (SSSR count). The van der Waals surface area contributed by atoms with Crippen molar-refractivity contribution in [3.05, 3.63) is 30.1 Å². The number of carbonyl (C=O) groups excluding carboxylic acids is 1. The van der Waals surface area contributed by atoms with E-state index in [2.05, 4.69) is 5.32 Å². The number of nitrogens with one attached hydrogen (secondary N) is 1. The molecule has 1 saturated heterocycles. The molecule has 2 amide bonds. The van der Waals surface area contributed by atoms with Crippen LogP contribution in [0.3, 0.4) is 0 Å². The molecule has 24 heavy (non-hydrogen) atoms. The number of rotatable bonds is 3. The van der Waals surface area contributed by atoms with Gasteiger partial charge in [-0.1, -0.05) is 18.9 Å². The van der Waals surface area contributed by atoms with Gasteiger partial charge in [-0.3, -0.25) is 0 Å². The van der Waals surface area contributed by atoms with E-state index in [1.165, 1.54) is 22.5 Å². The van der Waals surface area contributed by atoms with Crippen LogP contribution in [0.5, 0.6) is 0 Å². The SMILES string of the molecule is O=C(NC1CCCC1)N1CCN(S(=O)(=O)c2cccc(F)c2)CC1. The third-order valence-corrected chi connectivity index (χ3v) is 6.54. The van der Waals surface area contributed by atoms with Crippen LogP contribution in [-0.2, 0) is 10.0 Å². The van der Waals surface area contributed by atoms with E-state index in [4.69, 9.17) is 0 Å². The number of benzene rings is 1.